The van der Waals surface area contributed by atoms with Gasteiger partial charge in [0.05, 0.1) is 17.5 Å². The normalized spacial score (nSPS) is 32.9. The van der Waals surface area contributed by atoms with E-state index in [4.69, 9.17) is 5.73 Å². The van der Waals surface area contributed by atoms with Gasteiger partial charge in [0.2, 0.25) is 17.7 Å². The summed E-state index contributed by atoms with van der Waals surface area (Å²) < 4.78 is 0. The summed E-state index contributed by atoms with van der Waals surface area (Å²) in [6, 6.07) is 6.29. The smallest absolute Gasteiger partial charge is 0.248 e. The number of carbonyl (C=O) groups excluding carboxylic acids is 3. The quantitative estimate of drug-likeness (QED) is 0.651. The molecule has 2 fully saturated rings. The summed E-state index contributed by atoms with van der Waals surface area (Å²) in [5.74, 6) is -0.772. The van der Waals surface area contributed by atoms with Gasteiger partial charge < -0.3 is 5.73 Å². The Morgan fingerprint density at radius 2 is 1.52 bits per heavy atom. The Bertz CT molecular complexity index is 662. The maximum absolute atomic E-state index is 12.6. The number of allylic oxidation sites excluding steroid dienone is 2. The second-order valence-electron chi connectivity index (χ2n) is 5.92. The third-order valence-electron chi connectivity index (χ3n) is 4.88. The van der Waals surface area contributed by atoms with Crippen molar-refractivity contribution in [2.45, 2.75) is 6.42 Å². The van der Waals surface area contributed by atoms with E-state index in [0.29, 0.717) is 11.3 Å². The molecule has 4 rings (SSSR count). The average molecular weight is 282 g/mol. The van der Waals surface area contributed by atoms with Crippen LogP contribution in [0.3, 0.4) is 0 Å². The van der Waals surface area contributed by atoms with Gasteiger partial charge in [-0.2, -0.15) is 0 Å². The SMILES string of the molecule is NC(=O)c1ccc(N2C(=O)[C@H]3[C@H](C2=O)[C@H]2C=C[C@@H]3C2)cc1. The molecule has 1 heterocycles. The van der Waals surface area contributed by atoms with E-state index in [0.717, 1.165) is 6.42 Å². The molecule has 5 nitrogen and oxygen atoms in total. The molecule has 2 N–H and O–H groups in total. The highest BCUT2D eigenvalue weighted by molar-refractivity contribution is 6.22. The molecule has 2 aliphatic carbocycles. The largest absolute Gasteiger partial charge is 0.366 e. The van der Waals surface area contributed by atoms with Gasteiger partial charge in [0.15, 0.2) is 0 Å². The summed E-state index contributed by atoms with van der Waals surface area (Å²) in [5, 5.41) is 0. The van der Waals surface area contributed by atoms with Crippen LogP contribution in [0, 0.1) is 23.7 Å². The van der Waals surface area contributed by atoms with Gasteiger partial charge in [-0.1, -0.05) is 12.2 Å². The molecular formula is C16H14N2O3. The Labute approximate surface area is 121 Å². The van der Waals surface area contributed by atoms with Crippen molar-refractivity contribution in [3.05, 3.63) is 42.0 Å². The topological polar surface area (TPSA) is 80.5 Å². The summed E-state index contributed by atoms with van der Waals surface area (Å²) in [6.07, 6.45) is 5.05. The highest BCUT2D eigenvalue weighted by Crippen LogP contribution is 2.53. The van der Waals surface area contributed by atoms with Gasteiger partial charge in [0, 0.05) is 5.56 Å². The molecule has 5 heteroatoms. The zero-order valence-corrected chi connectivity index (χ0v) is 11.2. The minimum atomic E-state index is -0.528. The van der Waals surface area contributed by atoms with Crippen molar-refractivity contribution in [3.8, 4) is 0 Å². The Hall–Kier alpha value is -2.43. The lowest BCUT2D eigenvalue weighted by atomic mass is 9.85. The van der Waals surface area contributed by atoms with Gasteiger partial charge in [-0.25, -0.2) is 0 Å². The van der Waals surface area contributed by atoms with Crippen molar-refractivity contribution in [1.82, 2.24) is 0 Å². The fourth-order valence-corrected chi connectivity index (χ4v) is 3.93. The Morgan fingerprint density at radius 3 is 2.00 bits per heavy atom. The summed E-state index contributed by atoms with van der Waals surface area (Å²) in [4.78, 5) is 37.5. The lowest BCUT2D eigenvalue weighted by Gasteiger charge is -2.17. The zero-order valence-electron chi connectivity index (χ0n) is 11.2. The number of rotatable bonds is 2. The fraction of sp³-hybridized carbons (Fsp3) is 0.312. The second-order valence-corrected chi connectivity index (χ2v) is 5.92. The highest BCUT2D eigenvalue weighted by Gasteiger charge is 2.59. The number of benzene rings is 1. The molecule has 4 atom stereocenters. The van der Waals surface area contributed by atoms with E-state index in [1.165, 1.54) is 4.90 Å². The lowest BCUT2D eigenvalue weighted by molar-refractivity contribution is -0.123. The molecule has 106 valence electrons. The summed E-state index contributed by atoms with van der Waals surface area (Å²) in [5.41, 5.74) is 6.07. The number of nitrogens with zero attached hydrogens (tertiary/aromatic N) is 1. The molecule has 0 spiro atoms. The number of imide groups is 1. The maximum Gasteiger partial charge on any atom is 0.248 e. The molecular weight excluding hydrogens is 268 g/mol. The van der Waals surface area contributed by atoms with Crippen molar-refractivity contribution in [1.29, 1.82) is 0 Å². The van der Waals surface area contributed by atoms with Crippen molar-refractivity contribution in [2.75, 3.05) is 4.90 Å². The molecule has 1 aliphatic heterocycles. The van der Waals surface area contributed by atoms with E-state index in [1.54, 1.807) is 24.3 Å². The minimum Gasteiger partial charge on any atom is -0.366 e. The first-order valence-electron chi connectivity index (χ1n) is 7.04. The van der Waals surface area contributed by atoms with Crippen LogP contribution in [-0.2, 0) is 9.59 Å². The monoisotopic (exact) mass is 282 g/mol. The number of hydrogen-bond acceptors (Lipinski definition) is 3. The standard InChI is InChI=1S/C16H14N2O3/c17-14(19)8-3-5-11(6-4-8)18-15(20)12-9-1-2-10(7-9)13(12)16(18)21/h1-6,9-10,12-13H,7H2,(H2,17,19)/t9-,10+,12-,13-/m1/s1. The third-order valence-corrected chi connectivity index (χ3v) is 4.88. The van der Waals surface area contributed by atoms with E-state index in [2.05, 4.69) is 12.2 Å². The molecule has 1 aromatic rings. The Kier molecular flexibility index (Phi) is 2.37. The molecule has 2 bridgehead atoms. The van der Waals surface area contributed by atoms with Crippen LogP contribution >= 0.6 is 0 Å². The first-order valence-corrected chi connectivity index (χ1v) is 7.04. The predicted molar refractivity (Wildman–Crippen MR) is 75.2 cm³/mol. The number of anilines is 1. The third kappa shape index (κ3) is 1.54. The number of fused-ring (bicyclic) bond motifs is 5. The molecule has 1 saturated carbocycles. The van der Waals surface area contributed by atoms with Crippen molar-refractivity contribution in [3.63, 3.8) is 0 Å². The molecule has 0 radical (unpaired) electrons. The van der Waals surface area contributed by atoms with Crippen LogP contribution in [0.4, 0.5) is 5.69 Å². The van der Waals surface area contributed by atoms with Crippen LogP contribution in [0.1, 0.15) is 16.8 Å². The van der Waals surface area contributed by atoms with Crippen molar-refractivity contribution in [2.24, 2.45) is 29.4 Å². The van der Waals surface area contributed by atoms with Crippen LogP contribution in [0.15, 0.2) is 36.4 Å². The molecule has 21 heavy (non-hydrogen) atoms. The van der Waals surface area contributed by atoms with Gasteiger partial charge >= 0.3 is 0 Å². The summed E-state index contributed by atoms with van der Waals surface area (Å²) in [6.45, 7) is 0. The van der Waals surface area contributed by atoms with E-state index >= 15 is 0 Å². The Morgan fingerprint density at radius 1 is 1.00 bits per heavy atom. The second kappa shape index (κ2) is 4.04. The predicted octanol–water partition coefficient (Wildman–Crippen LogP) is 1.10. The Balaban J connectivity index is 1.69. The van der Waals surface area contributed by atoms with E-state index < -0.39 is 5.91 Å². The van der Waals surface area contributed by atoms with E-state index in [-0.39, 0.29) is 35.5 Å². The van der Waals surface area contributed by atoms with Gasteiger partial charge in [0.1, 0.15) is 0 Å². The highest BCUT2D eigenvalue weighted by atomic mass is 16.2. The van der Waals surface area contributed by atoms with Crippen LogP contribution in [0.2, 0.25) is 0 Å². The maximum atomic E-state index is 12.6. The van der Waals surface area contributed by atoms with Crippen molar-refractivity contribution < 1.29 is 14.4 Å². The van der Waals surface area contributed by atoms with Gasteiger partial charge in [-0.15, -0.1) is 0 Å². The van der Waals surface area contributed by atoms with E-state index in [9.17, 15) is 14.4 Å². The molecule has 0 unspecified atom stereocenters. The van der Waals surface area contributed by atoms with Crippen LogP contribution in [0.25, 0.3) is 0 Å². The van der Waals surface area contributed by atoms with Gasteiger partial charge in [-0.05, 0) is 42.5 Å². The lowest BCUT2D eigenvalue weighted by Crippen LogP contribution is -2.32. The van der Waals surface area contributed by atoms with Crippen LogP contribution in [-0.4, -0.2) is 17.7 Å². The number of nitrogens with two attached hydrogens (primary N) is 1. The first kappa shape index (κ1) is 12.3. The fourth-order valence-electron chi connectivity index (χ4n) is 3.93. The molecule has 1 saturated heterocycles. The van der Waals surface area contributed by atoms with Crippen LogP contribution < -0.4 is 10.6 Å². The number of amides is 3. The van der Waals surface area contributed by atoms with E-state index in [1.807, 2.05) is 0 Å². The molecule has 0 aromatic heterocycles. The zero-order chi connectivity index (χ0) is 14.7. The summed E-state index contributed by atoms with van der Waals surface area (Å²) >= 11 is 0. The number of carbonyl (C=O) groups is 3. The summed E-state index contributed by atoms with van der Waals surface area (Å²) in [7, 11) is 0. The van der Waals surface area contributed by atoms with Crippen molar-refractivity contribution >= 4 is 23.4 Å². The molecule has 3 amide bonds. The minimum absolute atomic E-state index is 0.117. The van der Waals surface area contributed by atoms with Gasteiger partial charge in [0.25, 0.3) is 0 Å². The number of primary amides is 1. The first-order chi connectivity index (χ1) is 10.1. The average Bonchev–Trinajstić information content (AvgIpc) is 3.13. The van der Waals surface area contributed by atoms with Crippen LogP contribution in [0.5, 0.6) is 0 Å². The number of hydrogen-bond donors (Lipinski definition) is 1. The molecule has 3 aliphatic rings. The van der Waals surface area contributed by atoms with Gasteiger partial charge in [-0.3, -0.25) is 19.3 Å². The molecule has 1 aromatic carbocycles.